The van der Waals surface area contributed by atoms with Crippen LogP contribution < -0.4 is 10.2 Å². The molecule has 0 bridgehead atoms. The second-order valence-corrected chi connectivity index (χ2v) is 15.2. The number of urea groups is 1. The maximum atomic E-state index is 13.0. The number of pyridine rings is 1. The van der Waals surface area contributed by atoms with Crippen molar-refractivity contribution in [3.8, 4) is 23.5 Å². The molecule has 55 heavy (non-hydrogen) atoms. The lowest BCUT2D eigenvalue weighted by molar-refractivity contribution is 0.0739. The fourth-order valence-corrected chi connectivity index (χ4v) is 8.35. The van der Waals surface area contributed by atoms with Crippen LogP contribution in [0.5, 0.6) is 0 Å². The predicted octanol–water partition coefficient (Wildman–Crippen LogP) is 5.75. The van der Waals surface area contributed by atoms with Crippen molar-refractivity contribution in [3.63, 3.8) is 0 Å². The van der Waals surface area contributed by atoms with Gasteiger partial charge in [-0.1, -0.05) is 12.1 Å². The van der Waals surface area contributed by atoms with Crippen molar-refractivity contribution < 1.29 is 9.59 Å². The highest BCUT2D eigenvalue weighted by Gasteiger charge is 2.43. The highest BCUT2D eigenvalue weighted by molar-refractivity contribution is 5.95. The Morgan fingerprint density at radius 2 is 1.67 bits per heavy atom. The molecule has 1 aliphatic carbocycles. The molecule has 13 heteroatoms. The lowest BCUT2D eigenvalue weighted by Gasteiger charge is -2.24. The molecule has 6 heterocycles. The van der Waals surface area contributed by atoms with Crippen LogP contribution in [-0.4, -0.2) is 105 Å². The van der Waals surface area contributed by atoms with Gasteiger partial charge in [0.25, 0.3) is 5.91 Å². The summed E-state index contributed by atoms with van der Waals surface area (Å²) in [6.45, 7) is 6.29. The number of nitrogens with zero attached hydrogens (tertiary/aromatic N) is 10. The van der Waals surface area contributed by atoms with Gasteiger partial charge in [-0.15, -0.1) is 0 Å². The zero-order valence-electron chi connectivity index (χ0n) is 31.3. The molecule has 1 N–H and O–H groups in total. The predicted molar refractivity (Wildman–Crippen MR) is 208 cm³/mol. The molecule has 9 rings (SSSR count). The van der Waals surface area contributed by atoms with Gasteiger partial charge in [0.2, 0.25) is 5.95 Å². The molecule has 3 atom stereocenters. The summed E-state index contributed by atoms with van der Waals surface area (Å²) in [6.07, 6.45) is 13.1. The Kier molecular flexibility index (Phi) is 9.94. The summed E-state index contributed by atoms with van der Waals surface area (Å²) in [5, 5.41) is 21.2. The SMILES string of the molecule is CN(C(=O)c1ccc2c(c1)CCN2c1nccc(C2CC2)n1)[C@@H]1CCN(C#N)C1.Cc1cc(-c2cccc(NC(=O)N3CC[C@@H]4CN(C#N)C[C@@H]43)c2)ccn1. The molecule has 4 aromatic rings. The molecule has 0 spiro atoms. The monoisotopic (exact) mass is 735 g/mol. The number of rotatable bonds is 6. The third-order valence-electron chi connectivity index (χ3n) is 11.6. The fraction of sp³-hybridized carbons (Fsp3) is 0.405. The molecule has 280 valence electrons. The number of anilines is 3. The van der Waals surface area contributed by atoms with Crippen LogP contribution in [0.15, 0.2) is 73.1 Å². The molecule has 1 saturated carbocycles. The third kappa shape index (κ3) is 7.60. The third-order valence-corrected chi connectivity index (χ3v) is 11.6. The summed E-state index contributed by atoms with van der Waals surface area (Å²) in [7, 11) is 1.84. The number of fused-ring (bicyclic) bond motifs is 2. The van der Waals surface area contributed by atoms with Gasteiger partial charge in [0.05, 0.1) is 12.1 Å². The van der Waals surface area contributed by atoms with E-state index >= 15 is 0 Å². The highest BCUT2D eigenvalue weighted by atomic mass is 16.2. The number of hydrogen-bond acceptors (Lipinski definition) is 10. The number of nitriles is 2. The minimum Gasteiger partial charge on any atom is -0.337 e. The molecule has 2 aromatic heterocycles. The summed E-state index contributed by atoms with van der Waals surface area (Å²) in [5.41, 5.74) is 7.96. The molecule has 0 unspecified atom stereocenters. The number of carbonyl (C=O) groups is 2. The van der Waals surface area contributed by atoms with Gasteiger partial charge >= 0.3 is 6.03 Å². The molecule has 2 aromatic carbocycles. The van der Waals surface area contributed by atoms with Crippen LogP contribution in [0.4, 0.5) is 22.1 Å². The Morgan fingerprint density at radius 1 is 0.855 bits per heavy atom. The van der Waals surface area contributed by atoms with Gasteiger partial charge in [0.15, 0.2) is 12.4 Å². The van der Waals surface area contributed by atoms with E-state index < -0.39 is 0 Å². The largest absolute Gasteiger partial charge is 0.337 e. The van der Waals surface area contributed by atoms with E-state index in [1.807, 2.05) is 85.7 Å². The van der Waals surface area contributed by atoms with Gasteiger partial charge in [-0.25, -0.2) is 14.8 Å². The number of likely N-dealkylation sites (tertiary alicyclic amines) is 3. The number of amides is 3. The zero-order chi connectivity index (χ0) is 38.1. The number of benzene rings is 2. The maximum absolute atomic E-state index is 13.0. The van der Waals surface area contributed by atoms with Crippen LogP contribution in [0.25, 0.3) is 11.1 Å². The van der Waals surface area contributed by atoms with Crippen molar-refractivity contribution in [2.24, 2.45) is 5.92 Å². The first kappa shape index (κ1) is 35.8. The Balaban J connectivity index is 0.000000156. The van der Waals surface area contributed by atoms with E-state index in [4.69, 9.17) is 15.5 Å². The lowest BCUT2D eigenvalue weighted by Crippen LogP contribution is -2.41. The van der Waals surface area contributed by atoms with E-state index in [-0.39, 0.29) is 24.0 Å². The fourth-order valence-electron chi connectivity index (χ4n) is 8.35. The van der Waals surface area contributed by atoms with Crippen LogP contribution >= 0.6 is 0 Å². The first-order valence-electron chi connectivity index (χ1n) is 19.2. The van der Waals surface area contributed by atoms with Crippen LogP contribution in [0.1, 0.15) is 58.9 Å². The molecule has 3 amide bonds. The minimum atomic E-state index is -0.0830. The minimum absolute atomic E-state index is 0.0167. The standard InChI is InChI=1S/C22H24N6O.C20H21N5O/c1-26(18-8-10-27(13-18)14-23)21(29)17-4-5-20-16(12-17)7-11-28(20)22-24-9-6-19(25-22)15-2-3-15;1-14-9-16(5-7-22-14)15-3-2-4-18(10-15)23-20(26)25-8-6-17-11-24(13-21)12-19(17)25/h4-6,9,12,15,18H,2-3,7-8,10-11,13H2,1H3;2-5,7,9-10,17,19H,6,8,11-12H2,1H3,(H,23,26)/t18-;17-,19+/m11/s1. The van der Waals surface area contributed by atoms with Crippen molar-refractivity contribution in [1.29, 1.82) is 10.5 Å². The highest BCUT2D eigenvalue weighted by Crippen LogP contribution is 2.40. The van der Waals surface area contributed by atoms with Crippen LogP contribution in [0.3, 0.4) is 0 Å². The van der Waals surface area contributed by atoms with Crippen LogP contribution in [-0.2, 0) is 6.42 Å². The van der Waals surface area contributed by atoms with Gasteiger partial charge in [-0.3, -0.25) is 9.78 Å². The molecule has 4 fully saturated rings. The number of likely N-dealkylation sites (N-methyl/N-ethyl adjacent to an activating group) is 1. The van der Waals surface area contributed by atoms with Gasteiger partial charge < -0.3 is 29.8 Å². The molecule has 0 radical (unpaired) electrons. The number of hydrogen-bond donors (Lipinski definition) is 1. The van der Waals surface area contributed by atoms with E-state index in [0.29, 0.717) is 30.5 Å². The molecule has 13 nitrogen and oxygen atoms in total. The first-order chi connectivity index (χ1) is 26.8. The Labute approximate surface area is 321 Å². The quantitative estimate of drug-likeness (QED) is 0.243. The van der Waals surface area contributed by atoms with E-state index in [1.165, 1.54) is 12.8 Å². The van der Waals surface area contributed by atoms with Crippen LogP contribution in [0.2, 0.25) is 0 Å². The zero-order valence-corrected chi connectivity index (χ0v) is 31.3. The summed E-state index contributed by atoms with van der Waals surface area (Å²) in [6, 6.07) is 19.9. The van der Waals surface area contributed by atoms with E-state index in [2.05, 4.69) is 32.6 Å². The second-order valence-electron chi connectivity index (χ2n) is 15.2. The van der Waals surface area contributed by atoms with Crippen molar-refractivity contribution in [2.45, 2.75) is 57.0 Å². The Bertz CT molecular complexity index is 2170. The van der Waals surface area contributed by atoms with E-state index in [1.54, 1.807) is 20.9 Å². The Hall–Kier alpha value is -6.21. The first-order valence-corrected chi connectivity index (χ1v) is 19.2. The smallest absolute Gasteiger partial charge is 0.322 e. The molecule has 3 saturated heterocycles. The van der Waals surface area contributed by atoms with Crippen molar-refractivity contribution in [1.82, 2.24) is 34.6 Å². The number of aryl methyl sites for hydroxylation is 1. The molecular weight excluding hydrogens is 691 g/mol. The number of carbonyl (C=O) groups excluding carboxylic acids is 2. The van der Waals surface area contributed by atoms with Crippen molar-refractivity contribution in [3.05, 3.63) is 95.6 Å². The lowest BCUT2D eigenvalue weighted by atomic mass is 10.1. The van der Waals surface area contributed by atoms with Crippen molar-refractivity contribution in [2.75, 3.05) is 56.5 Å². The number of aromatic nitrogens is 3. The number of nitrogens with one attached hydrogen (secondary N) is 1. The van der Waals surface area contributed by atoms with Gasteiger partial charge in [0.1, 0.15) is 0 Å². The van der Waals surface area contributed by atoms with Crippen molar-refractivity contribution >= 4 is 29.3 Å². The van der Waals surface area contributed by atoms with Gasteiger partial charge in [0, 0.05) is 98.9 Å². The second kappa shape index (κ2) is 15.3. The molecule has 4 aliphatic heterocycles. The summed E-state index contributed by atoms with van der Waals surface area (Å²) >= 11 is 0. The maximum Gasteiger partial charge on any atom is 0.322 e. The van der Waals surface area contributed by atoms with Gasteiger partial charge in [-0.2, -0.15) is 10.5 Å². The Morgan fingerprint density at radius 3 is 2.45 bits per heavy atom. The summed E-state index contributed by atoms with van der Waals surface area (Å²) in [5.74, 6) is 1.78. The van der Waals surface area contributed by atoms with E-state index in [0.717, 1.165) is 90.8 Å². The van der Waals surface area contributed by atoms with Crippen LogP contribution in [0, 0.1) is 35.8 Å². The summed E-state index contributed by atoms with van der Waals surface area (Å²) < 4.78 is 0. The topological polar surface area (TPSA) is 149 Å². The average Bonchev–Trinajstić information content (AvgIpc) is 3.51. The molecular formula is C42H45N11O2. The molecule has 5 aliphatic rings. The normalized spacial score (nSPS) is 20.9. The average molecular weight is 736 g/mol. The van der Waals surface area contributed by atoms with E-state index in [9.17, 15) is 9.59 Å². The van der Waals surface area contributed by atoms with Gasteiger partial charge in [-0.05, 0) is 104 Å². The summed E-state index contributed by atoms with van der Waals surface area (Å²) in [4.78, 5) is 48.5.